The van der Waals surface area contributed by atoms with E-state index in [1.807, 2.05) is 76.2 Å². The summed E-state index contributed by atoms with van der Waals surface area (Å²) in [6.45, 7) is 13.0. The van der Waals surface area contributed by atoms with Crippen LogP contribution in [0.1, 0.15) is 50.3 Å². The molecule has 7 nitrogen and oxygen atoms in total. The second kappa shape index (κ2) is 12.1. The van der Waals surface area contributed by atoms with Gasteiger partial charge in [-0.2, -0.15) is 0 Å². The molecule has 3 aromatic rings. The molecule has 1 aliphatic heterocycles. The van der Waals surface area contributed by atoms with Crippen molar-refractivity contribution in [2.45, 2.75) is 46.1 Å². The summed E-state index contributed by atoms with van der Waals surface area (Å²) >= 11 is 0. The molecule has 0 saturated heterocycles. The fourth-order valence-electron chi connectivity index (χ4n) is 4.49. The normalized spacial score (nSPS) is 12.8. The van der Waals surface area contributed by atoms with Gasteiger partial charge in [-0.15, -0.1) is 0 Å². The van der Waals surface area contributed by atoms with E-state index in [4.69, 9.17) is 9.47 Å². The van der Waals surface area contributed by atoms with Gasteiger partial charge < -0.3 is 25.0 Å². The van der Waals surface area contributed by atoms with E-state index >= 15 is 0 Å². The van der Waals surface area contributed by atoms with Crippen LogP contribution < -0.4 is 25.0 Å². The van der Waals surface area contributed by atoms with Crippen LogP contribution in [0.3, 0.4) is 0 Å². The molecule has 0 aromatic heterocycles. The first-order chi connectivity index (χ1) is 18.6. The fraction of sp³-hybridized carbons (Fsp3) is 0.312. The van der Waals surface area contributed by atoms with E-state index in [1.54, 1.807) is 23.1 Å². The highest BCUT2D eigenvalue weighted by molar-refractivity contribution is 5.99. The topological polar surface area (TPSA) is 79.9 Å². The molecular weight excluding hydrogens is 490 g/mol. The van der Waals surface area contributed by atoms with E-state index in [0.717, 1.165) is 40.9 Å². The Bertz CT molecular complexity index is 1370. The number of rotatable bonds is 10. The van der Waals surface area contributed by atoms with Gasteiger partial charge >= 0.3 is 6.03 Å². The third kappa shape index (κ3) is 6.99. The van der Waals surface area contributed by atoms with Crippen molar-refractivity contribution < 1.29 is 19.1 Å². The van der Waals surface area contributed by atoms with Crippen molar-refractivity contribution in [1.29, 1.82) is 0 Å². The Morgan fingerprint density at radius 3 is 2.64 bits per heavy atom. The molecule has 1 heterocycles. The van der Waals surface area contributed by atoms with Gasteiger partial charge in [0.15, 0.2) is 6.61 Å². The first kappa shape index (κ1) is 27.8. The monoisotopic (exact) mass is 527 g/mol. The molecule has 0 fully saturated rings. The molecule has 3 aromatic carbocycles. The number of amides is 3. The molecule has 0 atom stereocenters. The molecule has 3 amide bonds. The van der Waals surface area contributed by atoms with Crippen molar-refractivity contribution in [3.05, 3.63) is 90.0 Å². The minimum absolute atomic E-state index is 0.00257. The van der Waals surface area contributed by atoms with Crippen LogP contribution in [-0.2, 0) is 10.3 Å². The maximum atomic E-state index is 13.0. The molecule has 0 spiro atoms. The van der Waals surface area contributed by atoms with Crippen LogP contribution >= 0.6 is 0 Å². The summed E-state index contributed by atoms with van der Waals surface area (Å²) in [4.78, 5) is 27.4. The number of fused-ring (bicyclic) bond motifs is 1. The van der Waals surface area contributed by atoms with Crippen molar-refractivity contribution in [3.63, 3.8) is 0 Å². The van der Waals surface area contributed by atoms with Gasteiger partial charge in [0.25, 0.3) is 5.91 Å². The lowest BCUT2D eigenvalue weighted by Crippen LogP contribution is -2.43. The molecule has 2 N–H and O–H groups in total. The Balaban J connectivity index is 1.37. The highest BCUT2D eigenvalue weighted by atomic mass is 16.5. The number of hydrogen-bond donors (Lipinski definition) is 2. The van der Waals surface area contributed by atoms with Crippen molar-refractivity contribution >= 4 is 28.9 Å². The van der Waals surface area contributed by atoms with Crippen LogP contribution in [0.2, 0.25) is 0 Å². The standard InChI is InChI=1S/C32H37N3O4/c1-22(2)24-12-10-13-25(19-24)32(4,5)34-31(37)33-26-15-16-29-27(20-26)35(30(36)21-39-29)17-8-9-18-38-28-14-7-6-11-23(28)3/h6-7,10-16,19-20H,1,8-9,17-18,21H2,2-5H3,(H2,33,34,37). The Kier molecular flexibility index (Phi) is 8.59. The number of unbranched alkanes of at least 4 members (excludes halogenated alkanes) is 1. The molecule has 39 heavy (non-hydrogen) atoms. The lowest BCUT2D eigenvalue weighted by Gasteiger charge is -2.30. The van der Waals surface area contributed by atoms with Crippen molar-refractivity contribution in [2.75, 3.05) is 30.0 Å². The molecular formula is C32H37N3O4. The summed E-state index contributed by atoms with van der Waals surface area (Å²) in [5.41, 5.74) is 4.68. The molecule has 1 aliphatic rings. The highest BCUT2D eigenvalue weighted by Gasteiger charge is 2.27. The predicted molar refractivity (Wildman–Crippen MR) is 157 cm³/mol. The zero-order valence-electron chi connectivity index (χ0n) is 23.2. The molecule has 0 radical (unpaired) electrons. The smallest absolute Gasteiger partial charge is 0.319 e. The average molecular weight is 528 g/mol. The van der Waals surface area contributed by atoms with Crippen molar-refractivity contribution in [1.82, 2.24) is 5.32 Å². The van der Waals surface area contributed by atoms with E-state index in [0.29, 0.717) is 30.3 Å². The number of nitrogens with one attached hydrogen (secondary N) is 2. The number of allylic oxidation sites excluding steroid dienone is 1. The van der Waals surface area contributed by atoms with E-state index in [9.17, 15) is 9.59 Å². The summed E-state index contributed by atoms with van der Waals surface area (Å²) in [6.07, 6.45) is 1.57. The lowest BCUT2D eigenvalue weighted by atomic mass is 9.92. The quantitative estimate of drug-likeness (QED) is 0.289. The van der Waals surface area contributed by atoms with E-state index < -0.39 is 5.54 Å². The number of ether oxygens (including phenoxy) is 2. The maximum Gasteiger partial charge on any atom is 0.319 e. The molecule has 4 rings (SSSR count). The van der Waals surface area contributed by atoms with E-state index in [1.165, 1.54) is 0 Å². The Morgan fingerprint density at radius 2 is 1.87 bits per heavy atom. The zero-order valence-corrected chi connectivity index (χ0v) is 23.2. The number of carbonyl (C=O) groups excluding carboxylic acids is 2. The van der Waals surface area contributed by atoms with Crippen LogP contribution in [0.25, 0.3) is 5.57 Å². The van der Waals surface area contributed by atoms with Crippen LogP contribution in [0.4, 0.5) is 16.2 Å². The molecule has 0 saturated carbocycles. The van der Waals surface area contributed by atoms with E-state index in [2.05, 4.69) is 17.2 Å². The van der Waals surface area contributed by atoms with Crippen LogP contribution in [0.5, 0.6) is 11.5 Å². The first-order valence-electron chi connectivity index (χ1n) is 13.3. The van der Waals surface area contributed by atoms with Crippen LogP contribution in [0.15, 0.2) is 73.3 Å². The van der Waals surface area contributed by atoms with Crippen LogP contribution in [-0.4, -0.2) is 31.7 Å². The summed E-state index contributed by atoms with van der Waals surface area (Å²) in [6, 6.07) is 20.9. The number of aryl methyl sites for hydroxylation is 1. The molecule has 0 bridgehead atoms. The van der Waals surface area contributed by atoms with Gasteiger partial charge in [-0.1, -0.05) is 48.6 Å². The minimum Gasteiger partial charge on any atom is -0.493 e. The van der Waals surface area contributed by atoms with Gasteiger partial charge in [0, 0.05) is 12.2 Å². The number of hydrogen-bond acceptors (Lipinski definition) is 4. The number of para-hydroxylation sites is 1. The van der Waals surface area contributed by atoms with Crippen molar-refractivity contribution in [2.24, 2.45) is 0 Å². The average Bonchev–Trinajstić information content (AvgIpc) is 2.90. The number of anilines is 2. The van der Waals surface area contributed by atoms with E-state index in [-0.39, 0.29) is 18.5 Å². The molecule has 0 unspecified atom stereocenters. The summed E-state index contributed by atoms with van der Waals surface area (Å²) in [5.74, 6) is 1.39. The maximum absolute atomic E-state index is 13.0. The van der Waals surface area contributed by atoms with Gasteiger partial charge in [-0.25, -0.2) is 4.79 Å². The second-order valence-corrected chi connectivity index (χ2v) is 10.4. The molecule has 0 aliphatic carbocycles. The SMILES string of the molecule is C=C(C)c1cccc(C(C)(C)NC(=O)Nc2ccc3c(c2)N(CCCCOc2ccccc2C)C(=O)CO3)c1. The summed E-state index contributed by atoms with van der Waals surface area (Å²) < 4.78 is 11.5. The van der Waals surface area contributed by atoms with Gasteiger partial charge in [0.2, 0.25) is 0 Å². The highest BCUT2D eigenvalue weighted by Crippen LogP contribution is 2.35. The van der Waals surface area contributed by atoms with Crippen LogP contribution in [0, 0.1) is 6.92 Å². The predicted octanol–water partition coefficient (Wildman–Crippen LogP) is 6.67. The third-order valence-corrected chi connectivity index (χ3v) is 6.79. The number of benzene rings is 3. The Labute approximate surface area is 230 Å². The zero-order chi connectivity index (χ0) is 28.0. The number of nitrogens with zero attached hydrogens (tertiary/aromatic N) is 1. The summed E-state index contributed by atoms with van der Waals surface area (Å²) in [7, 11) is 0. The largest absolute Gasteiger partial charge is 0.493 e. The number of urea groups is 1. The van der Waals surface area contributed by atoms with Gasteiger partial charge in [0.1, 0.15) is 11.5 Å². The lowest BCUT2D eigenvalue weighted by molar-refractivity contribution is -0.121. The Morgan fingerprint density at radius 1 is 1.08 bits per heavy atom. The minimum atomic E-state index is -0.616. The summed E-state index contributed by atoms with van der Waals surface area (Å²) in [5, 5.41) is 5.96. The van der Waals surface area contributed by atoms with Gasteiger partial charge in [-0.3, -0.25) is 4.79 Å². The Hall–Kier alpha value is -4.26. The second-order valence-electron chi connectivity index (χ2n) is 10.4. The first-order valence-corrected chi connectivity index (χ1v) is 13.3. The molecule has 204 valence electrons. The van der Waals surface area contributed by atoms with Gasteiger partial charge in [0.05, 0.1) is 17.8 Å². The molecule has 7 heteroatoms. The fourth-order valence-corrected chi connectivity index (χ4v) is 4.49. The third-order valence-electron chi connectivity index (χ3n) is 6.79. The van der Waals surface area contributed by atoms with Crippen molar-refractivity contribution in [3.8, 4) is 11.5 Å². The van der Waals surface area contributed by atoms with Gasteiger partial charge in [-0.05, 0) is 87.6 Å². The number of carbonyl (C=O) groups is 2.